The number of anilines is 1. The van der Waals surface area contributed by atoms with E-state index in [-0.39, 0.29) is 5.97 Å². The van der Waals surface area contributed by atoms with Gasteiger partial charge in [0.25, 0.3) is 0 Å². The Labute approximate surface area is 106 Å². The molecule has 0 aliphatic carbocycles. The van der Waals surface area contributed by atoms with Crippen molar-refractivity contribution in [1.82, 2.24) is 0 Å². The highest BCUT2D eigenvalue weighted by atomic mass is 16.5. The zero-order valence-electron chi connectivity index (χ0n) is 10.4. The van der Waals surface area contributed by atoms with Crippen LogP contribution in [-0.2, 0) is 11.3 Å². The van der Waals surface area contributed by atoms with Crippen molar-refractivity contribution in [3.05, 3.63) is 53.5 Å². The molecule has 0 amide bonds. The van der Waals surface area contributed by atoms with E-state index in [0.717, 1.165) is 5.69 Å². The largest absolute Gasteiger partial charge is 0.465 e. The van der Waals surface area contributed by atoms with Crippen LogP contribution in [0.2, 0.25) is 0 Å². The molecule has 1 aromatic heterocycles. The first kappa shape index (κ1) is 12.2. The van der Waals surface area contributed by atoms with E-state index in [9.17, 15) is 4.79 Å². The SMILES string of the molecule is COC(=O)c1cc(CNc2ccccc2)oc1C. The summed E-state index contributed by atoms with van der Waals surface area (Å²) in [5.41, 5.74) is 1.48. The third-order valence-electron chi connectivity index (χ3n) is 2.61. The van der Waals surface area contributed by atoms with E-state index in [1.165, 1.54) is 7.11 Å². The van der Waals surface area contributed by atoms with Crippen LogP contribution in [-0.4, -0.2) is 13.1 Å². The van der Waals surface area contributed by atoms with E-state index in [1.54, 1.807) is 13.0 Å². The van der Waals surface area contributed by atoms with Crippen LogP contribution >= 0.6 is 0 Å². The number of para-hydroxylation sites is 1. The molecule has 0 saturated heterocycles. The van der Waals surface area contributed by atoms with Crippen LogP contribution in [0.25, 0.3) is 0 Å². The first-order chi connectivity index (χ1) is 8.70. The van der Waals surface area contributed by atoms with Gasteiger partial charge in [0.2, 0.25) is 0 Å². The van der Waals surface area contributed by atoms with Crippen LogP contribution in [0.4, 0.5) is 5.69 Å². The quantitative estimate of drug-likeness (QED) is 0.841. The van der Waals surface area contributed by atoms with E-state index < -0.39 is 0 Å². The lowest BCUT2D eigenvalue weighted by atomic mass is 10.2. The van der Waals surface area contributed by atoms with Crippen LogP contribution in [0.15, 0.2) is 40.8 Å². The number of rotatable bonds is 4. The Morgan fingerprint density at radius 2 is 2.06 bits per heavy atom. The molecular formula is C14H15NO3. The number of nitrogens with one attached hydrogen (secondary N) is 1. The number of hydrogen-bond acceptors (Lipinski definition) is 4. The summed E-state index contributed by atoms with van der Waals surface area (Å²) in [6.07, 6.45) is 0. The second-order valence-corrected chi connectivity index (χ2v) is 3.89. The number of esters is 1. The summed E-state index contributed by atoms with van der Waals surface area (Å²) in [6, 6.07) is 11.5. The molecule has 0 fully saturated rings. The van der Waals surface area contributed by atoms with Gasteiger partial charge in [-0.2, -0.15) is 0 Å². The Hall–Kier alpha value is -2.23. The van der Waals surface area contributed by atoms with Gasteiger partial charge in [0.15, 0.2) is 0 Å². The zero-order chi connectivity index (χ0) is 13.0. The summed E-state index contributed by atoms with van der Waals surface area (Å²) in [6.45, 7) is 2.28. The molecule has 0 bridgehead atoms. The molecule has 4 nitrogen and oxygen atoms in total. The smallest absolute Gasteiger partial charge is 0.341 e. The van der Waals surface area contributed by atoms with Gasteiger partial charge in [0.05, 0.1) is 13.7 Å². The summed E-state index contributed by atoms with van der Waals surface area (Å²) in [7, 11) is 1.36. The van der Waals surface area contributed by atoms with Crippen LogP contribution in [0.5, 0.6) is 0 Å². The highest BCUT2D eigenvalue weighted by molar-refractivity contribution is 5.90. The second-order valence-electron chi connectivity index (χ2n) is 3.89. The highest BCUT2D eigenvalue weighted by Crippen LogP contribution is 2.17. The third-order valence-corrected chi connectivity index (χ3v) is 2.61. The average molecular weight is 245 g/mol. The van der Waals surface area contributed by atoms with Crippen molar-refractivity contribution in [2.75, 3.05) is 12.4 Å². The van der Waals surface area contributed by atoms with Crippen molar-refractivity contribution in [2.45, 2.75) is 13.5 Å². The molecule has 2 aromatic rings. The Balaban J connectivity index is 2.05. The minimum atomic E-state index is -0.373. The minimum absolute atomic E-state index is 0.373. The Bertz CT molecular complexity index is 531. The molecule has 0 aliphatic rings. The maximum absolute atomic E-state index is 11.4. The standard InChI is InChI=1S/C14H15NO3/c1-10-13(14(16)17-2)8-12(18-10)9-15-11-6-4-3-5-7-11/h3-8,15H,9H2,1-2H3. The van der Waals surface area contributed by atoms with Crippen molar-refractivity contribution in [3.8, 4) is 0 Å². The predicted octanol–water partition coefficient (Wildman–Crippen LogP) is 2.99. The van der Waals surface area contributed by atoms with Crippen LogP contribution in [0, 0.1) is 6.92 Å². The summed E-state index contributed by atoms with van der Waals surface area (Å²) in [5, 5.41) is 3.21. The van der Waals surface area contributed by atoms with E-state index >= 15 is 0 Å². The summed E-state index contributed by atoms with van der Waals surface area (Å²) < 4.78 is 10.2. The summed E-state index contributed by atoms with van der Waals surface area (Å²) >= 11 is 0. The Morgan fingerprint density at radius 3 is 2.72 bits per heavy atom. The Morgan fingerprint density at radius 1 is 1.33 bits per heavy atom. The van der Waals surface area contributed by atoms with E-state index in [4.69, 9.17) is 4.42 Å². The number of carbonyl (C=O) groups excluding carboxylic acids is 1. The van der Waals surface area contributed by atoms with Gasteiger partial charge in [0, 0.05) is 5.69 Å². The van der Waals surface area contributed by atoms with Gasteiger partial charge in [-0.1, -0.05) is 18.2 Å². The van der Waals surface area contributed by atoms with E-state index in [1.807, 2.05) is 30.3 Å². The lowest BCUT2D eigenvalue weighted by Gasteiger charge is -2.02. The maximum atomic E-state index is 11.4. The van der Waals surface area contributed by atoms with Crippen molar-refractivity contribution in [1.29, 1.82) is 0 Å². The van der Waals surface area contributed by atoms with Crippen LogP contribution in [0.1, 0.15) is 21.9 Å². The van der Waals surface area contributed by atoms with Gasteiger partial charge < -0.3 is 14.5 Å². The fourth-order valence-electron chi connectivity index (χ4n) is 1.69. The van der Waals surface area contributed by atoms with Crippen molar-refractivity contribution < 1.29 is 13.9 Å². The first-order valence-corrected chi connectivity index (χ1v) is 5.67. The van der Waals surface area contributed by atoms with Gasteiger partial charge in [-0.3, -0.25) is 0 Å². The summed E-state index contributed by atoms with van der Waals surface area (Å²) in [4.78, 5) is 11.4. The topological polar surface area (TPSA) is 51.5 Å². The molecule has 94 valence electrons. The normalized spacial score (nSPS) is 10.1. The molecule has 0 saturated carbocycles. The maximum Gasteiger partial charge on any atom is 0.341 e. The van der Waals surface area contributed by atoms with Gasteiger partial charge in [0.1, 0.15) is 17.1 Å². The molecule has 1 heterocycles. The molecule has 0 atom stereocenters. The number of carbonyl (C=O) groups is 1. The lowest BCUT2D eigenvalue weighted by Crippen LogP contribution is -2.01. The molecule has 0 unspecified atom stereocenters. The number of furan rings is 1. The fourth-order valence-corrected chi connectivity index (χ4v) is 1.69. The van der Waals surface area contributed by atoms with Gasteiger partial charge in [-0.05, 0) is 25.1 Å². The molecule has 2 rings (SSSR count). The molecule has 1 aromatic carbocycles. The van der Waals surface area contributed by atoms with E-state index in [0.29, 0.717) is 23.6 Å². The molecular weight excluding hydrogens is 230 g/mol. The van der Waals surface area contributed by atoms with E-state index in [2.05, 4.69) is 10.1 Å². The number of aryl methyl sites for hydroxylation is 1. The molecule has 0 spiro atoms. The number of methoxy groups -OCH3 is 1. The number of benzene rings is 1. The molecule has 1 N–H and O–H groups in total. The fraction of sp³-hybridized carbons (Fsp3) is 0.214. The summed E-state index contributed by atoms with van der Waals surface area (Å²) in [5.74, 6) is 0.908. The van der Waals surface area contributed by atoms with Gasteiger partial charge >= 0.3 is 5.97 Å². The Kier molecular flexibility index (Phi) is 3.67. The zero-order valence-corrected chi connectivity index (χ0v) is 10.4. The van der Waals surface area contributed by atoms with Crippen molar-refractivity contribution in [3.63, 3.8) is 0 Å². The first-order valence-electron chi connectivity index (χ1n) is 5.67. The number of hydrogen-bond donors (Lipinski definition) is 1. The van der Waals surface area contributed by atoms with Gasteiger partial charge in [-0.15, -0.1) is 0 Å². The van der Waals surface area contributed by atoms with Crippen molar-refractivity contribution >= 4 is 11.7 Å². The number of ether oxygens (including phenoxy) is 1. The molecule has 4 heteroatoms. The molecule has 18 heavy (non-hydrogen) atoms. The minimum Gasteiger partial charge on any atom is -0.465 e. The van der Waals surface area contributed by atoms with Crippen LogP contribution < -0.4 is 5.32 Å². The predicted molar refractivity (Wildman–Crippen MR) is 68.6 cm³/mol. The van der Waals surface area contributed by atoms with Crippen LogP contribution in [0.3, 0.4) is 0 Å². The second kappa shape index (κ2) is 5.40. The van der Waals surface area contributed by atoms with Crippen molar-refractivity contribution in [2.24, 2.45) is 0 Å². The highest BCUT2D eigenvalue weighted by Gasteiger charge is 2.14. The molecule has 0 radical (unpaired) electrons. The monoisotopic (exact) mass is 245 g/mol. The average Bonchev–Trinajstić information content (AvgIpc) is 2.78. The lowest BCUT2D eigenvalue weighted by molar-refractivity contribution is 0.0599. The molecule has 0 aliphatic heterocycles. The van der Waals surface area contributed by atoms with Gasteiger partial charge in [-0.25, -0.2) is 4.79 Å². The third kappa shape index (κ3) is 2.71.